The molecule has 2 heteroatoms. The standard InChI is InChI=1S/C12H14OS/c1-8-4-3-5-11-12(8)10(7-14-11)6-9(2)13/h3-5,7,9,13H,6H2,1-2H3. The van der Waals surface area contributed by atoms with E-state index in [1.807, 2.05) is 6.92 Å². The number of benzene rings is 1. The van der Waals surface area contributed by atoms with Gasteiger partial charge in [0.25, 0.3) is 0 Å². The molecule has 0 saturated carbocycles. The van der Waals surface area contributed by atoms with Crippen molar-refractivity contribution >= 4 is 21.4 Å². The summed E-state index contributed by atoms with van der Waals surface area (Å²) in [6.45, 7) is 3.96. The molecule has 0 aliphatic carbocycles. The summed E-state index contributed by atoms with van der Waals surface area (Å²) >= 11 is 1.76. The number of rotatable bonds is 2. The second kappa shape index (κ2) is 3.71. The van der Waals surface area contributed by atoms with Crippen molar-refractivity contribution in [2.45, 2.75) is 26.4 Å². The first-order valence-corrected chi connectivity index (χ1v) is 5.70. The average molecular weight is 206 g/mol. The highest BCUT2D eigenvalue weighted by molar-refractivity contribution is 7.17. The first-order chi connectivity index (χ1) is 6.68. The van der Waals surface area contributed by atoms with Gasteiger partial charge < -0.3 is 5.11 Å². The summed E-state index contributed by atoms with van der Waals surface area (Å²) in [5, 5.41) is 12.9. The van der Waals surface area contributed by atoms with E-state index >= 15 is 0 Å². The molecule has 1 nitrogen and oxygen atoms in total. The van der Waals surface area contributed by atoms with Gasteiger partial charge in [-0.25, -0.2) is 0 Å². The highest BCUT2D eigenvalue weighted by Gasteiger charge is 2.08. The van der Waals surface area contributed by atoms with Crippen LogP contribution in [0.2, 0.25) is 0 Å². The molecule has 1 heterocycles. The van der Waals surface area contributed by atoms with Crippen molar-refractivity contribution in [2.24, 2.45) is 0 Å². The van der Waals surface area contributed by atoms with Gasteiger partial charge in [0.15, 0.2) is 0 Å². The van der Waals surface area contributed by atoms with E-state index in [9.17, 15) is 5.11 Å². The molecule has 1 aromatic heterocycles. The predicted octanol–water partition coefficient (Wildman–Crippen LogP) is 3.13. The van der Waals surface area contributed by atoms with Gasteiger partial charge in [0.1, 0.15) is 0 Å². The van der Waals surface area contributed by atoms with Crippen LogP contribution < -0.4 is 0 Å². The van der Waals surface area contributed by atoms with Gasteiger partial charge in [0, 0.05) is 4.70 Å². The van der Waals surface area contributed by atoms with E-state index in [-0.39, 0.29) is 6.10 Å². The molecule has 1 atom stereocenters. The van der Waals surface area contributed by atoms with Crippen LogP contribution >= 0.6 is 11.3 Å². The Morgan fingerprint density at radius 2 is 2.21 bits per heavy atom. The number of aliphatic hydroxyl groups excluding tert-OH is 1. The van der Waals surface area contributed by atoms with Crippen LogP contribution in [-0.2, 0) is 6.42 Å². The van der Waals surface area contributed by atoms with Crippen molar-refractivity contribution < 1.29 is 5.11 Å². The van der Waals surface area contributed by atoms with Crippen molar-refractivity contribution in [3.63, 3.8) is 0 Å². The quantitative estimate of drug-likeness (QED) is 0.800. The molecule has 74 valence electrons. The summed E-state index contributed by atoms with van der Waals surface area (Å²) in [6.07, 6.45) is 0.498. The maximum absolute atomic E-state index is 9.38. The molecule has 0 amide bonds. The van der Waals surface area contributed by atoms with Crippen molar-refractivity contribution in [1.82, 2.24) is 0 Å². The Hall–Kier alpha value is -0.860. The van der Waals surface area contributed by atoms with Crippen molar-refractivity contribution in [2.75, 3.05) is 0 Å². The zero-order chi connectivity index (χ0) is 10.1. The molecule has 0 aliphatic heterocycles. The fourth-order valence-corrected chi connectivity index (χ4v) is 2.86. The molecule has 0 saturated heterocycles. The zero-order valence-electron chi connectivity index (χ0n) is 8.45. The molecule has 0 spiro atoms. The Kier molecular flexibility index (Phi) is 2.57. The van der Waals surface area contributed by atoms with Crippen molar-refractivity contribution in [1.29, 1.82) is 0 Å². The van der Waals surface area contributed by atoms with Crippen LogP contribution in [0.15, 0.2) is 23.6 Å². The molecular formula is C12H14OS. The fourth-order valence-electron chi connectivity index (χ4n) is 1.81. The summed E-state index contributed by atoms with van der Waals surface area (Å²) in [4.78, 5) is 0. The average Bonchev–Trinajstić information content (AvgIpc) is 2.49. The number of aliphatic hydroxyl groups is 1. The van der Waals surface area contributed by atoms with Gasteiger partial charge in [-0.3, -0.25) is 0 Å². The number of hydrogen-bond donors (Lipinski definition) is 1. The van der Waals surface area contributed by atoms with Crippen LogP contribution in [0.4, 0.5) is 0 Å². The number of fused-ring (bicyclic) bond motifs is 1. The van der Waals surface area contributed by atoms with E-state index in [2.05, 4.69) is 30.5 Å². The van der Waals surface area contributed by atoms with E-state index in [1.54, 1.807) is 11.3 Å². The van der Waals surface area contributed by atoms with Crippen molar-refractivity contribution in [3.05, 3.63) is 34.7 Å². The molecular weight excluding hydrogens is 192 g/mol. The van der Waals surface area contributed by atoms with Crippen LogP contribution in [0, 0.1) is 6.92 Å². The van der Waals surface area contributed by atoms with E-state index in [0.717, 1.165) is 6.42 Å². The van der Waals surface area contributed by atoms with Gasteiger partial charge in [-0.05, 0) is 48.2 Å². The van der Waals surface area contributed by atoms with Crippen LogP contribution in [0.25, 0.3) is 10.1 Å². The maximum Gasteiger partial charge on any atom is 0.0552 e. The third-order valence-electron chi connectivity index (χ3n) is 2.40. The van der Waals surface area contributed by atoms with Gasteiger partial charge >= 0.3 is 0 Å². The second-order valence-corrected chi connectivity index (χ2v) is 4.67. The summed E-state index contributed by atoms with van der Waals surface area (Å²) in [7, 11) is 0. The topological polar surface area (TPSA) is 20.2 Å². The van der Waals surface area contributed by atoms with Crippen LogP contribution in [0.1, 0.15) is 18.1 Å². The van der Waals surface area contributed by atoms with E-state index in [4.69, 9.17) is 0 Å². The zero-order valence-corrected chi connectivity index (χ0v) is 9.27. The van der Waals surface area contributed by atoms with Gasteiger partial charge in [0.05, 0.1) is 6.10 Å². The summed E-state index contributed by atoms with van der Waals surface area (Å²) in [5.41, 5.74) is 2.58. The summed E-state index contributed by atoms with van der Waals surface area (Å²) < 4.78 is 1.32. The lowest BCUT2D eigenvalue weighted by molar-refractivity contribution is 0.196. The largest absolute Gasteiger partial charge is 0.393 e. The monoisotopic (exact) mass is 206 g/mol. The molecule has 2 aromatic rings. The van der Waals surface area contributed by atoms with Crippen molar-refractivity contribution in [3.8, 4) is 0 Å². The minimum atomic E-state index is -0.257. The Morgan fingerprint density at radius 3 is 2.93 bits per heavy atom. The highest BCUT2D eigenvalue weighted by atomic mass is 32.1. The Bertz CT molecular complexity index is 443. The molecule has 1 unspecified atom stereocenters. The molecule has 14 heavy (non-hydrogen) atoms. The third kappa shape index (κ3) is 1.68. The molecule has 0 bridgehead atoms. The molecule has 1 N–H and O–H groups in total. The number of aryl methyl sites for hydroxylation is 1. The van der Waals surface area contributed by atoms with Gasteiger partial charge in [-0.2, -0.15) is 0 Å². The minimum absolute atomic E-state index is 0.257. The Morgan fingerprint density at radius 1 is 1.43 bits per heavy atom. The molecule has 1 aromatic carbocycles. The Balaban J connectivity index is 2.55. The Labute approximate surface area is 88.0 Å². The SMILES string of the molecule is Cc1cccc2scc(CC(C)O)c12. The van der Waals surface area contributed by atoms with E-state index in [1.165, 1.54) is 21.2 Å². The summed E-state index contributed by atoms with van der Waals surface area (Å²) in [5.74, 6) is 0. The highest BCUT2D eigenvalue weighted by Crippen LogP contribution is 2.29. The van der Waals surface area contributed by atoms with E-state index in [0.29, 0.717) is 0 Å². The molecule has 0 aliphatic rings. The smallest absolute Gasteiger partial charge is 0.0552 e. The predicted molar refractivity (Wildman–Crippen MR) is 61.9 cm³/mol. The fraction of sp³-hybridized carbons (Fsp3) is 0.333. The minimum Gasteiger partial charge on any atom is -0.393 e. The third-order valence-corrected chi connectivity index (χ3v) is 3.40. The normalized spacial score (nSPS) is 13.4. The lowest BCUT2D eigenvalue weighted by atomic mass is 10.0. The van der Waals surface area contributed by atoms with Crippen LogP contribution in [0.3, 0.4) is 0 Å². The van der Waals surface area contributed by atoms with Crippen LogP contribution in [0.5, 0.6) is 0 Å². The van der Waals surface area contributed by atoms with Crippen LogP contribution in [-0.4, -0.2) is 11.2 Å². The van der Waals surface area contributed by atoms with Gasteiger partial charge in [0.2, 0.25) is 0 Å². The lowest BCUT2D eigenvalue weighted by Gasteiger charge is -2.04. The lowest BCUT2D eigenvalue weighted by Crippen LogP contribution is -2.03. The molecule has 0 fully saturated rings. The van der Waals surface area contributed by atoms with Gasteiger partial charge in [-0.15, -0.1) is 11.3 Å². The maximum atomic E-state index is 9.38. The number of hydrogen-bond acceptors (Lipinski definition) is 2. The van der Waals surface area contributed by atoms with Gasteiger partial charge in [-0.1, -0.05) is 12.1 Å². The first-order valence-electron chi connectivity index (χ1n) is 4.82. The molecule has 2 rings (SSSR count). The summed E-state index contributed by atoms with van der Waals surface area (Å²) in [6, 6.07) is 6.35. The second-order valence-electron chi connectivity index (χ2n) is 3.76. The van der Waals surface area contributed by atoms with E-state index < -0.39 is 0 Å². The number of thiophene rings is 1. The first kappa shape index (κ1) is 9.69. The molecule has 0 radical (unpaired) electrons.